The normalized spacial score (nSPS) is 16.8. The molecule has 0 radical (unpaired) electrons. The molecule has 1 amide bonds. The van der Waals surface area contributed by atoms with Crippen LogP contribution in [0, 0.1) is 0 Å². The molecule has 1 aliphatic heterocycles. The Morgan fingerprint density at radius 1 is 0.875 bits per heavy atom. The van der Waals surface area contributed by atoms with Crippen molar-refractivity contribution in [3.8, 4) is 17.2 Å². The number of ether oxygens (including phenoxy) is 3. The van der Waals surface area contributed by atoms with E-state index in [0.717, 1.165) is 17.5 Å². The van der Waals surface area contributed by atoms with Gasteiger partial charge >= 0.3 is 0 Å². The first-order valence-electron chi connectivity index (χ1n) is 13.4. The highest BCUT2D eigenvalue weighted by atomic mass is 16.5. The number of nitrogens with zero attached hydrogens (tertiary/aromatic N) is 1. The van der Waals surface area contributed by atoms with Crippen LogP contribution in [0.1, 0.15) is 62.9 Å². The molecule has 3 aromatic carbocycles. The van der Waals surface area contributed by atoms with Gasteiger partial charge in [-0.25, -0.2) is 0 Å². The second-order valence-corrected chi connectivity index (χ2v) is 10.7. The Hall–Kier alpha value is -4.26. The summed E-state index contributed by atoms with van der Waals surface area (Å²) in [6.45, 7) is 10.6. The van der Waals surface area contributed by atoms with Crippen LogP contribution >= 0.6 is 0 Å². The van der Waals surface area contributed by atoms with Gasteiger partial charge in [0.15, 0.2) is 11.5 Å². The highest BCUT2D eigenvalue weighted by Crippen LogP contribution is 2.45. The third-order valence-electron chi connectivity index (χ3n) is 7.15. The summed E-state index contributed by atoms with van der Waals surface area (Å²) in [6.07, 6.45) is 0.845. The first kappa shape index (κ1) is 28.7. The minimum absolute atomic E-state index is 0.0213. The third-order valence-corrected chi connectivity index (χ3v) is 7.15. The van der Waals surface area contributed by atoms with Crippen LogP contribution in [0.15, 0.2) is 66.2 Å². The third kappa shape index (κ3) is 5.28. The molecule has 1 heterocycles. The van der Waals surface area contributed by atoms with Crippen molar-refractivity contribution in [1.29, 1.82) is 0 Å². The van der Waals surface area contributed by atoms with Crippen molar-refractivity contribution >= 4 is 23.1 Å². The summed E-state index contributed by atoms with van der Waals surface area (Å²) in [5.74, 6) is -0.106. The van der Waals surface area contributed by atoms with Crippen LogP contribution in [-0.2, 0) is 21.4 Å². The molecule has 0 spiro atoms. The number of carbonyl (C=O) groups is 2. The van der Waals surface area contributed by atoms with E-state index in [1.54, 1.807) is 30.3 Å². The monoisotopic (exact) mass is 543 g/mol. The molecule has 0 bridgehead atoms. The van der Waals surface area contributed by atoms with Crippen molar-refractivity contribution in [3.05, 3.63) is 88.5 Å². The van der Waals surface area contributed by atoms with Crippen molar-refractivity contribution in [3.63, 3.8) is 0 Å². The van der Waals surface area contributed by atoms with E-state index in [1.807, 2.05) is 37.3 Å². The van der Waals surface area contributed by atoms with Crippen LogP contribution in [0.25, 0.3) is 5.76 Å². The molecule has 0 aliphatic carbocycles. The maximum absolute atomic E-state index is 13.6. The van der Waals surface area contributed by atoms with Crippen LogP contribution in [0.2, 0.25) is 0 Å². The number of aryl methyl sites for hydroxylation is 1. The first-order valence-corrected chi connectivity index (χ1v) is 13.4. The van der Waals surface area contributed by atoms with Gasteiger partial charge in [-0.3, -0.25) is 14.5 Å². The highest BCUT2D eigenvalue weighted by molar-refractivity contribution is 6.51. The lowest BCUT2D eigenvalue weighted by atomic mass is 9.84. The molecule has 40 heavy (non-hydrogen) atoms. The number of ketones is 1. The van der Waals surface area contributed by atoms with E-state index < -0.39 is 17.7 Å². The van der Waals surface area contributed by atoms with E-state index in [2.05, 4.69) is 27.7 Å². The molecule has 1 N–H and O–H groups in total. The van der Waals surface area contributed by atoms with E-state index in [0.29, 0.717) is 40.7 Å². The van der Waals surface area contributed by atoms with Crippen molar-refractivity contribution < 1.29 is 28.9 Å². The lowest BCUT2D eigenvalue weighted by Crippen LogP contribution is -2.29. The van der Waals surface area contributed by atoms with E-state index >= 15 is 0 Å². The Bertz CT molecular complexity index is 1450. The SMILES string of the molecule is CCOc1ccc(/C(O)=C2/C(=O)C(=O)N(c3ccc(OC)c(OC)c3)C2c2ccc(CC)cc2)cc1C(C)(C)C. The minimum Gasteiger partial charge on any atom is -0.507 e. The van der Waals surface area contributed by atoms with Crippen LogP contribution < -0.4 is 19.1 Å². The first-order chi connectivity index (χ1) is 19.0. The highest BCUT2D eigenvalue weighted by Gasteiger charge is 2.47. The topological polar surface area (TPSA) is 85.3 Å². The average molecular weight is 544 g/mol. The van der Waals surface area contributed by atoms with Gasteiger partial charge < -0.3 is 19.3 Å². The smallest absolute Gasteiger partial charge is 0.300 e. The summed E-state index contributed by atoms with van der Waals surface area (Å²) in [7, 11) is 3.04. The molecule has 7 heteroatoms. The van der Waals surface area contributed by atoms with Crippen molar-refractivity contribution in [2.24, 2.45) is 0 Å². The molecule has 1 atom stereocenters. The Morgan fingerprint density at radius 3 is 2.10 bits per heavy atom. The van der Waals surface area contributed by atoms with Gasteiger partial charge in [-0.2, -0.15) is 0 Å². The molecule has 1 saturated heterocycles. The van der Waals surface area contributed by atoms with Gasteiger partial charge in [-0.1, -0.05) is 52.0 Å². The summed E-state index contributed by atoms with van der Waals surface area (Å²) in [4.78, 5) is 28.7. The average Bonchev–Trinajstić information content (AvgIpc) is 3.21. The number of hydrogen-bond acceptors (Lipinski definition) is 6. The van der Waals surface area contributed by atoms with Crippen molar-refractivity contribution in [1.82, 2.24) is 0 Å². The number of aliphatic hydroxyl groups is 1. The van der Waals surface area contributed by atoms with Gasteiger partial charge in [0.1, 0.15) is 11.5 Å². The number of rotatable bonds is 8. The van der Waals surface area contributed by atoms with Crippen LogP contribution in [0.5, 0.6) is 17.2 Å². The predicted octanol–water partition coefficient (Wildman–Crippen LogP) is 6.59. The van der Waals surface area contributed by atoms with Gasteiger partial charge in [0.2, 0.25) is 0 Å². The zero-order valence-electron chi connectivity index (χ0n) is 24.2. The lowest BCUT2D eigenvalue weighted by Gasteiger charge is -2.26. The zero-order valence-corrected chi connectivity index (χ0v) is 24.2. The number of methoxy groups -OCH3 is 2. The molecule has 1 aliphatic rings. The number of Topliss-reactive ketones (excluding diaryl/α,β-unsaturated/α-hetero) is 1. The molecule has 7 nitrogen and oxygen atoms in total. The zero-order chi connectivity index (χ0) is 29.2. The van der Waals surface area contributed by atoms with Crippen LogP contribution in [0.3, 0.4) is 0 Å². The summed E-state index contributed by atoms with van der Waals surface area (Å²) in [6, 6.07) is 17.3. The van der Waals surface area contributed by atoms with Gasteiger partial charge in [0, 0.05) is 22.9 Å². The molecule has 0 saturated carbocycles. The molecule has 1 fully saturated rings. The van der Waals surface area contributed by atoms with E-state index in [9.17, 15) is 14.7 Å². The number of anilines is 1. The molecular formula is C33H37NO6. The van der Waals surface area contributed by atoms with E-state index in [-0.39, 0.29) is 16.7 Å². The second kappa shape index (κ2) is 11.5. The molecular weight excluding hydrogens is 506 g/mol. The second-order valence-electron chi connectivity index (χ2n) is 10.7. The predicted molar refractivity (Wildman–Crippen MR) is 156 cm³/mol. The summed E-state index contributed by atoms with van der Waals surface area (Å²) >= 11 is 0. The fourth-order valence-corrected chi connectivity index (χ4v) is 5.02. The van der Waals surface area contributed by atoms with E-state index in [4.69, 9.17) is 14.2 Å². The summed E-state index contributed by atoms with van der Waals surface area (Å²) in [5, 5.41) is 11.7. The van der Waals surface area contributed by atoms with Crippen LogP contribution in [-0.4, -0.2) is 37.6 Å². The Morgan fingerprint density at radius 2 is 1.52 bits per heavy atom. The molecule has 210 valence electrons. The molecule has 3 aromatic rings. The number of carbonyl (C=O) groups excluding carboxylic acids is 2. The van der Waals surface area contributed by atoms with Crippen LogP contribution in [0.4, 0.5) is 5.69 Å². The fourth-order valence-electron chi connectivity index (χ4n) is 5.02. The largest absolute Gasteiger partial charge is 0.507 e. The summed E-state index contributed by atoms with van der Waals surface area (Å²) < 4.78 is 16.7. The molecule has 0 aromatic heterocycles. The van der Waals surface area contributed by atoms with Gasteiger partial charge in [0.05, 0.1) is 32.4 Å². The molecule has 1 unspecified atom stereocenters. The van der Waals surface area contributed by atoms with Gasteiger partial charge in [-0.15, -0.1) is 0 Å². The number of hydrogen-bond donors (Lipinski definition) is 1. The standard InChI is InChI=1S/C33H37NO6/c1-8-20-10-12-21(13-11-20)29-28(30(35)22-14-16-25(40-9-2)24(18-22)33(3,4)5)31(36)32(37)34(29)23-15-17-26(38-6)27(19-23)39-7/h10-19,29,35H,8-9H2,1-7H3/b30-28-. The number of aliphatic hydroxyl groups excluding tert-OH is 1. The Balaban J connectivity index is 1.95. The molecule has 4 rings (SSSR count). The van der Waals surface area contributed by atoms with Crippen molar-refractivity contribution in [2.75, 3.05) is 25.7 Å². The maximum Gasteiger partial charge on any atom is 0.300 e. The lowest BCUT2D eigenvalue weighted by molar-refractivity contribution is -0.132. The quantitative estimate of drug-likeness (QED) is 0.196. The Kier molecular flexibility index (Phi) is 8.24. The van der Waals surface area contributed by atoms with E-state index in [1.165, 1.54) is 19.1 Å². The summed E-state index contributed by atoms with van der Waals surface area (Å²) in [5.41, 5.74) is 3.33. The Labute approximate surface area is 236 Å². The van der Waals surface area contributed by atoms with Crippen molar-refractivity contribution in [2.45, 2.75) is 52.5 Å². The fraction of sp³-hybridized carbons (Fsp3) is 0.333. The number of benzene rings is 3. The van der Waals surface area contributed by atoms with Gasteiger partial charge in [-0.05, 0) is 60.2 Å². The minimum atomic E-state index is -0.853. The number of amides is 1. The van der Waals surface area contributed by atoms with Gasteiger partial charge in [0.25, 0.3) is 11.7 Å². The maximum atomic E-state index is 13.6.